The molecule has 0 spiro atoms. The van der Waals surface area contributed by atoms with Gasteiger partial charge in [-0.1, -0.05) is 12.1 Å². The van der Waals surface area contributed by atoms with Gasteiger partial charge in [-0.25, -0.2) is 0 Å². The van der Waals surface area contributed by atoms with Crippen LogP contribution in [0.1, 0.15) is 51.0 Å². The van der Waals surface area contributed by atoms with Gasteiger partial charge in [-0.2, -0.15) is 0 Å². The molecule has 7 heteroatoms. The van der Waals surface area contributed by atoms with Crippen molar-refractivity contribution in [1.82, 2.24) is 15.1 Å². The van der Waals surface area contributed by atoms with Crippen molar-refractivity contribution in [2.75, 3.05) is 46.4 Å². The van der Waals surface area contributed by atoms with E-state index >= 15 is 0 Å². The third-order valence-corrected chi connectivity index (χ3v) is 6.10. The zero-order valence-corrected chi connectivity index (χ0v) is 19.0. The number of hydrogen-bond donors (Lipinski definition) is 1. The summed E-state index contributed by atoms with van der Waals surface area (Å²) in [6.45, 7) is 6.17. The number of carbonyl (C=O) groups is 2. The molecular weight excluding hydrogens is 394 g/mol. The van der Waals surface area contributed by atoms with Crippen LogP contribution in [-0.2, 0) is 16.1 Å². The lowest BCUT2D eigenvalue weighted by molar-refractivity contribution is -0.137. The number of amides is 2. The van der Waals surface area contributed by atoms with Gasteiger partial charge in [0.05, 0.1) is 19.8 Å². The summed E-state index contributed by atoms with van der Waals surface area (Å²) in [6, 6.07) is 5.79. The summed E-state index contributed by atoms with van der Waals surface area (Å²) in [7, 11) is 2.12. The Morgan fingerprint density at radius 3 is 2.77 bits per heavy atom. The molecule has 1 fully saturated rings. The topological polar surface area (TPSA) is 71.1 Å². The van der Waals surface area contributed by atoms with E-state index in [2.05, 4.69) is 17.3 Å². The molecule has 0 saturated carbocycles. The monoisotopic (exact) mass is 431 g/mol. The molecule has 0 unspecified atom stereocenters. The number of fused-ring (bicyclic) bond motifs is 1. The summed E-state index contributed by atoms with van der Waals surface area (Å²) in [4.78, 5) is 29.8. The second-order valence-corrected chi connectivity index (χ2v) is 8.64. The Morgan fingerprint density at radius 2 is 2.00 bits per heavy atom. The van der Waals surface area contributed by atoms with Gasteiger partial charge >= 0.3 is 0 Å². The van der Waals surface area contributed by atoms with Crippen LogP contribution in [0.15, 0.2) is 18.2 Å². The Kier molecular flexibility index (Phi) is 9.00. The zero-order chi connectivity index (χ0) is 22.1. The van der Waals surface area contributed by atoms with Crippen molar-refractivity contribution in [3.63, 3.8) is 0 Å². The summed E-state index contributed by atoms with van der Waals surface area (Å²) in [5.41, 5.74) is 0.884. The minimum absolute atomic E-state index is 0.0346. The van der Waals surface area contributed by atoms with Gasteiger partial charge in [-0.05, 0) is 71.1 Å². The first-order valence-electron chi connectivity index (χ1n) is 11.7. The fraction of sp³-hybridized carbons (Fsp3) is 0.667. The molecule has 1 saturated heterocycles. The molecule has 3 rings (SSSR count). The zero-order valence-electron chi connectivity index (χ0n) is 19.0. The summed E-state index contributed by atoms with van der Waals surface area (Å²) in [6.07, 6.45) is 5.33. The first-order chi connectivity index (χ1) is 15.1. The normalized spacial score (nSPS) is 19.8. The van der Waals surface area contributed by atoms with Crippen LogP contribution in [0.25, 0.3) is 0 Å². The van der Waals surface area contributed by atoms with E-state index in [0.717, 1.165) is 50.8 Å². The first-order valence-corrected chi connectivity index (χ1v) is 11.7. The van der Waals surface area contributed by atoms with E-state index in [1.807, 2.05) is 25.1 Å². The Bertz CT molecular complexity index is 732. The van der Waals surface area contributed by atoms with Crippen LogP contribution in [0.5, 0.6) is 11.5 Å². The largest absolute Gasteiger partial charge is 0.490 e. The van der Waals surface area contributed by atoms with Crippen molar-refractivity contribution in [1.29, 1.82) is 0 Å². The van der Waals surface area contributed by atoms with Gasteiger partial charge in [0.2, 0.25) is 11.8 Å². The number of rotatable bonds is 4. The third-order valence-electron chi connectivity index (χ3n) is 6.10. The second-order valence-electron chi connectivity index (χ2n) is 8.64. The number of nitrogens with one attached hydrogen (secondary N) is 1. The SMILES string of the molecule is CCOc1cccc2c1OCCCCCNC(=O)CN(C(=O)CC1CCN(C)CC1)C2. The van der Waals surface area contributed by atoms with Crippen LogP contribution in [0.2, 0.25) is 0 Å². The minimum atomic E-state index is -0.0978. The molecule has 2 amide bonds. The molecule has 0 radical (unpaired) electrons. The van der Waals surface area contributed by atoms with Crippen molar-refractivity contribution >= 4 is 11.8 Å². The number of ether oxygens (including phenoxy) is 2. The summed E-state index contributed by atoms with van der Waals surface area (Å²) in [5, 5.41) is 2.97. The van der Waals surface area contributed by atoms with E-state index < -0.39 is 0 Å². The standard InChI is InChI=1S/C24H37N3O4/c1-3-30-21-9-7-8-20-17-27(23(29)16-19-10-13-26(2)14-11-19)18-22(28)25-12-5-4-6-15-31-24(20)21/h7-9,19H,3-6,10-18H2,1-2H3,(H,25,28). The molecule has 0 aliphatic carbocycles. The summed E-state index contributed by atoms with van der Waals surface area (Å²) in [5.74, 6) is 1.71. The maximum atomic E-state index is 13.3. The van der Waals surface area contributed by atoms with E-state index in [4.69, 9.17) is 9.47 Å². The van der Waals surface area contributed by atoms with Crippen LogP contribution in [0, 0.1) is 5.92 Å². The van der Waals surface area contributed by atoms with Crippen LogP contribution < -0.4 is 14.8 Å². The van der Waals surface area contributed by atoms with Crippen LogP contribution in [0.4, 0.5) is 0 Å². The van der Waals surface area contributed by atoms with Gasteiger partial charge in [-0.3, -0.25) is 9.59 Å². The number of piperidine rings is 1. The molecule has 2 heterocycles. The van der Waals surface area contributed by atoms with E-state index in [9.17, 15) is 9.59 Å². The van der Waals surface area contributed by atoms with E-state index in [-0.39, 0.29) is 18.4 Å². The van der Waals surface area contributed by atoms with Crippen LogP contribution in [-0.4, -0.2) is 68.1 Å². The average Bonchev–Trinajstić information content (AvgIpc) is 2.77. The van der Waals surface area contributed by atoms with Gasteiger partial charge in [-0.15, -0.1) is 0 Å². The Balaban J connectivity index is 1.80. The van der Waals surface area contributed by atoms with Gasteiger partial charge < -0.3 is 24.6 Å². The molecule has 7 nitrogen and oxygen atoms in total. The van der Waals surface area contributed by atoms with Crippen LogP contribution >= 0.6 is 0 Å². The summed E-state index contributed by atoms with van der Waals surface area (Å²) >= 11 is 0. The predicted molar refractivity (Wildman–Crippen MR) is 120 cm³/mol. The average molecular weight is 432 g/mol. The minimum Gasteiger partial charge on any atom is -0.490 e. The maximum absolute atomic E-state index is 13.3. The smallest absolute Gasteiger partial charge is 0.239 e. The summed E-state index contributed by atoms with van der Waals surface area (Å²) < 4.78 is 11.9. The van der Waals surface area contributed by atoms with Crippen molar-refractivity contribution < 1.29 is 19.1 Å². The predicted octanol–water partition coefficient (Wildman–Crippen LogP) is 2.82. The molecule has 0 aromatic heterocycles. The molecule has 1 aromatic carbocycles. The second kappa shape index (κ2) is 11.9. The fourth-order valence-corrected chi connectivity index (χ4v) is 4.23. The number of carbonyl (C=O) groups excluding carboxylic acids is 2. The van der Waals surface area contributed by atoms with Crippen molar-refractivity contribution in [2.24, 2.45) is 5.92 Å². The quantitative estimate of drug-likeness (QED) is 0.794. The lowest BCUT2D eigenvalue weighted by Gasteiger charge is -2.30. The number of likely N-dealkylation sites (tertiary alicyclic amines) is 1. The van der Waals surface area contributed by atoms with Crippen molar-refractivity contribution in [2.45, 2.75) is 52.0 Å². The lowest BCUT2D eigenvalue weighted by Crippen LogP contribution is -2.42. The molecule has 0 bridgehead atoms. The van der Waals surface area contributed by atoms with Crippen molar-refractivity contribution in [3.05, 3.63) is 23.8 Å². The van der Waals surface area contributed by atoms with Gasteiger partial charge in [0.25, 0.3) is 0 Å². The van der Waals surface area contributed by atoms with E-state index in [1.165, 1.54) is 0 Å². The molecule has 2 aliphatic heterocycles. The van der Waals surface area contributed by atoms with Crippen LogP contribution in [0.3, 0.4) is 0 Å². The molecule has 31 heavy (non-hydrogen) atoms. The van der Waals surface area contributed by atoms with E-state index in [0.29, 0.717) is 50.1 Å². The fourth-order valence-electron chi connectivity index (χ4n) is 4.23. The molecule has 1 N–H and O–H groups in total. The first kappa shape index (κ1) is 23.4. The maximum Gasteiger partial charge on any atom is 0.239 e. The van der Waals surface area contributed by atoms with E-state index in [1.54, 1.807) is 4.90 Å². The molecule has 0 atom stereocenters. The third kappa shape index (κ3) is 7.13. The highest BCUT2D eigenvalue weighted by atomic mass is 16.5. The Labute approximate surface area is 186 Å². The number of hydrogen-bond acceptors (Lipinski definition) is 5. The molecule has 1 aromatic rings. The Morgan fingerprint density at radius 1 is 1.19 bits per heavy atom. The van der Waals surface area contributed by atoms with Gasteiger partial charge in [0, 0.05) is 25.1 Å². The highest BCUT2D eigenvalue weighted by Gasteiger charge is 2.25. The number of para-hydroxylation sites is 1. The van der Waals surface area contributed by atoms with Gasteiger partial charge in [0.1, 0.15) is 0 Å². The number of nitrogens with zero attached hydrogens (tertiary/aromatic N) is 2. The highest BCUT2D eigenvalue weighted by Crippen LogP contribution is 2.33. The number of benzene rings is 1. The van der Waals surface area contributed by atoms with Crippen molar-refractivity contribution in [3.8, 4) is 11.5 Å². The lowest BCUT2D eigenvalue weighted by atomic mass is 9.93. The molecule has 2 aliphatic rings. The van der Waals surface area contributed by atoms with Gasteiger partial charge in [0.15, 0.2) is 11.5 Å². The molecule has 172 valence electrons. The molecular formula is C24H37N3O4. The Hall–Kier alpha value is -2.28. The highest BCUT2D eigenvalue weighted by molar-refractivity contribution is 5.85.